The van der Waals surface area contributed by atoms with Crippen LogP contribution in [-0.4, -0.2) is 39.9 Å². The number of nitrogens with zero attached hydrogens (tertiary/aromatic N) is 4. The van der Waals surface area contributed by atoms with Crippen LogP contribution in [0, 0.1) is 27.7 Å². The molecule has 0 fully saturated rings. The molecule has 0 atom stereocenters. The van der Waals surface area contributed by atoms with Crippen LogP contribution in [0.4, 0.5) is 0 Å². The zero-order chi connectivity index (χ0) is 62.1. The smallest absolute Gasteiger partial charge is 0.139 e. The van der Waals surface area contributed by atoms with Gasteiger partial charge in [-0.25, -0.2) is 19.9 Å². The minimum absolute atomic E-state index is 0.508. The Balaban J connectivity index is 1.15. The van der Waals surface area contributed by atoms with Gasteiger partial charge in [-0.05, 0) is 232 Å². The van der Waals surface area contributed by atoms with Gasteiger partial charge in [0.25, 0.3) is 0 Å². The van der Waals surface area contributed by atoms with E-state index >= 15 is 0 Å². The molecule has 0 amide bonds. The number of aromatic amines is 4. The van der Waals surface area contributed by atoms with Gasteiger partial charge in [0, 0.05) is 71.9 Å². The summed E-state index contributed by atoms with van der Waals surface area (Å²) < 4.78 is 8.00. The monoisotopic (exact) mass is 1160 g/mol. The summed E-state index contributed by atoms with van der Waals surface area (Å²) in [4.78, 5) is 38.6. The van der Waals surface area contributed by atoms with Gasteiger partial charge in [0.1, 0.15) is 11.5 Å². The maximum absolute atomic E-state index is 8.00. The van der Waals surface area contributed by atoms with Crippen molar-refractivity contribution in [1.82, 2.24) is 39.9 Å². The van der Waals surface area contributed by atoms with Crippen LogP contribution in [0.15, 0.2) is 72.8 Å². The highest BCUT2D eigenvalue weighted by molar-refractivity contribution is 6.05. The highest BCUT2D eigenvalue weighted by Crippen LogP contribution is 2.57. The molecule has 0 saturated carbocycles. The number of para-hydroxylation sites is 2. The van der Waals surface area contributed by atoms with Crippen LogP contribution in [0.5, 0.6) is 11.5 Å². The zero-order valence-corrected chi connectivity index (χ0v) is 55.3. The molecule has 448 valence electrons. The first-order valence-corrected chi connectivity index (χ1v) is 32.6. The van der Waals surface area contributed by atoms with Crippen molar-refractivity contribution in [2.24, 2.45) is 0 Å². The number of nitrogens with one attached hydrogen (secondary N) is 4. The molecule has 0 radical (unpaired) electrons. The lowest BCUT2D eigenvalue weighted by Crippen LogP contribution is -2.25. The molecule has 5 aliphatic rings. The van der Waals surface area contributed by atoms with Gasteiger partial charge in [0.15, 0.2) is 0 Å². The lowest BCUT2D eigenvalue weighted by atomic mass is 9.73. The van der Waals surface area contributed by atoms with Gasteiger partial charge >= 0.3 is 0 Å². The fraction of sp³-hybridized carbons (Fsp3) is 0.342. The summed E-state index contributed by atoms with van der Waals surface area (Å²) in [5, 5.41) is 0. The Bertz CT molecular complexity index is 4550. The van der Waals surface area contributed by atoms with Crippen molar-refractivity contribution in [3.63, 3.8) is 0 Å². The number of ether oxygens (including phenoxy) is 1. The molecule has 6 aromatic heterocycles. The van der Waals surface area contributed by atoms with E-state index in [1.165, 1.54) is 89.1 Å². The van der Waals surface area contributed by atoms with Crippen molar-refractivity contribution >= 4 is 88.7 Å². The molecule has 0 saturated heterocycles. The van der Waals surface area contributed by atoms with Crippen LogP contribution in [-0.2, 0) is 31.1 Å². The van der Waals surface area contributed by atoms with Crippen molar-refractivity contribution in [3.8, 4) is 33.8 Å². The van der Waals surface area contributed by atoms with Crippen LogP contribution < -0.4 is 4.74 Å². The number of hydrogen-bond acceptors (Lipinski definition) is 5. The molecule has 0 aliphatic carbocycles. The Morgan fingerprint density at radius 3 is 1.02 bits per heavy atom. The average Bonchev–Trinajstić information content (AvgIpc) is 1.40. The van der Waals surface area contributed by atoms with E-state index < -0.39 is 5.41 Å². The second kappa shape index (κ2) is 21.9. The molecule has 0 unspecified atom stereocenters. The molecule has 5 aliphatic heterocycles. The molecule has 9 heteroatoms. The molecule has 11 heterocycles. The number of aryl methyl sites for hydroxylation is 8. The summed E-state index contributed by atoms with van der Waals surface area (Å²) in [5.41, 5.74) is 42.1. The average molecular weight is 1160 g/mol. The Hall–Kier alpha value is -8.56. The van der Waals surface area contributed by atoms with Crippen molar-refractivity contribution in [2.75, 3.05) is 0 Å². The van der Waals surface area contributed by atoms with E-state index in [0.29, 0.717) is 0 Å². The van der Waals surface area contributed by atoms with Gasteiger partial charge < -0.3 is 24.7 Å². The molecular formula is C79H86N8O. The second-order valence-corrected chi connectivity index (χ2v) is 25.6. The molecule has 2 aromatic carbocycles. The summed E-state index contributed by atoms with van der Waals surface area (Å²) in [6.07, 6.45) is 6.85. The van der Waals surface area contributed by atoms with Gasteiger partial charge in [0.2, 0.25) is 0 Å². The lowest BCUT2D eigenvalue weighted by Gasteiger charge is -2.36. The van der Waals surface area contributed by atoms with Gasteiger partial charge in [-0.15, -0.1) is 0 Å². The minimum Gasteiger partial charge on any atom is -0.455 e. The number of H-pyrrole nitrogens is 4. The minimum atomic E-state index is -0.508. The fourth-order valence-corrected chi connectivity index (χ4v) is 15.8. The van der Waals surface area contributed by atoms with E-state index in [4.69, 9.17) is 24.7 Å². The maximum Gasteiger partial charge on any atom is 0.139 e. The number of fused-ring (bicyclic) bond motifs is 18. The first kappa shape index (κ1) is 58.5. The number of rotatable bonds is 10. The quantitative estimate of drug-likeness (QED) is 0.109. The van der Waals surface area contributed by atoms with Gasteiger partial charge in [0.05, 0.1) is 56.6 Å². The third-order valence-corrected chi connectivity index (χ3v) is 20.8. The third-order valence-electron chi connectivity index (χ3n) is 20.8. The van der Waals surface area contributed by atoms with E-state index in [1.807, 2.05) is 0 Å². The Kier molecular flexibility index (Phi) is 14.6. The first-order valence-electron chi connectivity index (χ1n) is 32.6. The highest BCUT2D eigenvalue weighted by Gasteiger charge is 2.39. The highest BCUT2D eigenvalue weighted by atomic mass is 16.5. The maximum atomic E-state index is 8.00. The molecular weight excluding hydrogens is 1080 g/mol. The standard InChI is InChI=1S/C79H86N8O/c1-19-47-39(9)59-33-60-40(10)48(20-2)64(81-60)36-68-52(24-6)44(14)74(85-68)71(73-43(13)51(23-5)67(84-73)35-63(47)80-59)55-29-27-31-57-77(55)88-78-56(30-28-32-58(78)79(57,17)18)72-75-45(15)53(25-7)69(86-75)37-65-49(21-3)41(11)61(82-65)34-62-42(12)50(22-4)66(83-62)38-70-54(26-8)46(16)76(72)87-70/h27-38,80,82,85,87H,19-26H2,1-18H3. The molecule has 0 spiro atoms. The third kappa shape index (κ3) is 8.75. The summed E-state index contributed by atoms with van der Waals surface area (Å²) in [7, 11) is 0. The van der Waals surface area contributed by atoms with Gasteiger partial charge in [-0.1, -0.05) is 106 Å². The number of benzene rings is 2. The largest absolute Gasteiger partial charge is 0.455 e. The van der Waals surface area contributed by atoms with Crippen molar-refractivity contribution in [3.05, 3.63) is 174 Å². The predicted octanol–water partition coefficient (Wildman–Crippen LogP) is 21.6. The van der Waals surface area contributed by atoms with E-state index in [-0.39, 0.29) is 0 Å². The Morgan fingerprint density at radius 1 is 0.352 bits per heavy atom. The predicted molar refractivity (Wildman–Crippen MR) is 373 cm³/mol. The summed E-state index contributed by atoms with van der Waals surface area (Å²) in [5.74, 6) is 1.66. The zero-order valence-electron chi connectivity index (χ0n) is 55.3. The van der Waals surface area contributed by atoms with Gasteiger partial charge in [-0.2, -0.15) is 0 Å². The summed E-state index contributed by atoms with van der Waals surface area (Å²) in [6, 6.07) is 27.3. The lowest BCUT2D eigenvalue weighted by molar-refractivity contribution is 0.421. The van der Waals surface area contributed by atoms with Crippen LogP contribution in [0.2, 0.25) is 0 Å². The van der Waals surface area contributed by atoms with E-state index in [1.54, 1.807) is 0 Å². The SMILES string of the molecule is CCC1=C(C)c2cc3[nH]c(cc4nc(c(-c5cccc6c5Oc5c(-c7c8nc(cc9[nH]c(cc%10nc(cc%11[nH]c7c(C)c%11CC)C(CC)=C%10C)c(C)c9CC)C(CC)=C8C)cccc5C6(C)C)c5[nH]c(cc1n2)c(CC)c5C)C(C)=C4CC)c(CC)c3C. The summed E-state index contributed by atoms with van der Waals surface area (Å²) >= 11 is 0. The number of aromatic nitrogens is 8. The van der Waals surface area contributed by atoms with Crippen LogP contribution in [0.25, 0.3) is 111 Å². The normalized spacial score (nSPS) is 14.6. The van der Waals surface area contributed by atoms with E-state index in [0.717, 1.165) is 186 Å². The molecule has 16 bridgehead atoms. The van der Waals surface area contributed by atoms with Crippen molar-refractivity contribution in [2.45, 2.75) is 181 Å². The van der Waals surface area contributed by atoms with Crippen molar-refractivity contribution < 1.29 is 4.74 Å². The summed E-state index contributed by atoms with van der Waals surface area (Å²) in [6.45, 7) is 40.9. The van der Waals surface area contributed by atoms with Crippen LogP contribution in [0.3, 0.4) is 0 Å². The number of hydrogen-bond donors (Lipinski definition) is 4. The second-order valence-electron chi connectivity index (χ2n) is 25.6. The van der Waals surface area contributed by atoms with Crippen LogP contribution in [0.1, 0.15) is 224 Å². The molecule has 13 rings (SSSR count). The van der Waals surface area contributed by atoms with Crippen LogP contribution >= 0.6 is 0 Å². The molecule has 4 N–H and O–H groups in total. The number of allylic oxidation sites excluding steroid dienone is 8. The van der Waals surface area contributed by atoms with Crippen molar-refractivity contribution in [1.29, 1.82) is 0 Å². The van der Waals surface area contributed by atoms with E-state index in [9.17, 15) is 0 Å². The van der Waals surface area contributed by atoms with Gasteiger partial charge in [-0.3, -0.25) is 0 Å². The fourth-order valence-electron chi connectivity index (χ4n) is 15.8. The Labute approximate surface area is 519 Å². The molecule has 9 nitrogen and oxygen atoms in total. The topological polar surface area (TPSA) is 124 Å². The first-order chi connectivity index (χ1) is 42.3. The molecule has 88 heavy (non-hydrogen) atoms. The molecule has 8 aromatic rings. The Morgan fingerprint density at radius 2 is 0.670 bits per heavy atom. The van der Waals surface area contributed by atoms with E-state index in [2.05, 4.69) is 217 Å².